The van der Waals surface area contributed by atoms with Gasteiger partial charge in [-0.1, -0.05) is 6.92 Å². The van der Waals surface area contributed by atoms with E-state index >= 15 is 0 Å². The van der Waals surface area contributed by atoms with Gasteiger partial charge in [0.25, 0.3) is 5.78 Å². The van der Waals surface area contributed by atoms with Crippen molar-refractivity contribution in [1.82, 2.24) is 0 Å². The van der Waals surface area contributed by atoms with Crippen LogP contribution in [0.15, 0.2) is 0 Å². The number of alkyl halides is 1. The lowest BCUT2D eigenvalue weighted by molar-refractivity contribution is -0.141. The van der Waals surface area contributed by atoms with Gasteiger partial charge in [-0.05, 0) is 0 Å². The fourth-order valence-electron chi connectivity index (χ4n) is 1.11. The van der Waals surface area contributed by atoms with E-state index in [1.807, 2.05) is 0 Å². The summed E-state index contributed by atoms with van der Waals surface area (Å²) in [6.45, 7) is 1.55. The number of hydrogen-bond donors (Lipinski definition) is 0. The highest BCUT2D eigenvalue weighted by Gasteiger charge is 2.45. The van der Waals surface area contributed by atoms with Crippen LogP contribution < -0.4 is 0 Å². The van der Waals surface area contributed by atoms with Gasteiger partial charge >= 0.3 is 0 Å². The molecule has 0 radical (unpaired) electrons. The molecule has 0 saturated heterocycles. The zero-order valence-corrected chi connectivity index (χ0v) is 6.72. The minimum Gasteiger partial charge on any atom is -0.290 e. The van der Waals surface area contributed by atoms with Gasteiger partial charge in [0.2, 0.25) is 11.6 Å². The van der Waals surface area contributed by atoms with Gasteiger partial charge in [0, 0.05) is 17.7 Å². The SMILES string of the molecule is CC1C(=O)C(=O)C(=O)C1CCl. The Morgan fingerprint density at radius 2 is 1.82 bits per heavy atom. The number of ketones is 3. The molecule has 0 amide bonds. The Morgan fingerprint density at radius 1 is 1.27 bits per heavy atom. The first-order valence-electron chi connectivity index (χ1n) is 3.28. The second-order valence-electron chi connectivity index (χ2n) is 2.61. The third kappa shape index (κ3) is 1.09. The van der Waals surface area contributed by atoms with E-state index in [4.69, 9.17) is 11.6 Å². The standard InChI is InChI=1S/C7H7ClO3/c1-3-4(2-8)6(10)7(11)5(3)9/h3-4H,2H2,1H3. The third-order valence-corrected chi connectivity index (χ3v) is 2.30. The third-order valence-electron chi connectivity index (χ3n) is 1.97. The Kier molecular flexibility index (Phi) is 2.09. The fraction of sp³-hybridized carbons (Fsp3) is 0.571. The Balaban J connectivity index is 2.95. The van der Waals surface area contributed by atoms with Gasteiger partial charge in [-0.15, -0.1) is 11.6 Å². The Hall–Kier alpha value is -0.700. The van der Waals surface area contributed by atoms with Crippen molar-refractivity contribution in [2.24, 2.45) is 11.8 Å². The van der Waals surface area contributed by atoms with Crippen LogP contribution in [0.4, 0.5) is 0 Å². The zero-order valence-electron chi connectivity index (χ0n) is 5.96. The molecule has 3 nitrogen and oxygen atoms in total. The van der Waals surface area contributed by atoms with Crippen molar-refractivity contribution < 1.29 is 14.4 Å². The number of hydrogen-bond acceptors (Lipinski definition) is 3. The molecule has 11 heavy (non-hydrogen) atoms. The summed E-state index contributed by atoms with van der Waals surface area (Å²) in [5, 5.41) is 0. The maximum Gasteiger partial charge on any atom is 0.264 e. The molecule has 2 unspecified atom stereocenters. The molecule has 1 saturated carbocycles. The highest BCUT2D eigenvalue weighted by atomic mass is 35.5. The van der Waals surface area contributed by atoms with E-state index in [9.17, 15) is 14.4 Å². The highest BCUT2D eigenvalue weighted by Crippen LogP contribution is 2.23. The summed E-state index contributed by atoms with van der Waals surface area (Å²) in [6, 6.07) is 0. The van der Waals surface area contributed by atoms with Crippen molar-refractivity contribution >= 4 is 29.0 Å². The molecule has 2 atom stereocenters. The summed E-state index contributed by atoms with van der Waals surface area (Å²) in [5.74, 6) is -3.16. The van der Waals surface area contributed by atoms with Gasteiger partial charge < -0.3 is 0 Å². The second-order valence-corrected chi connectivity index (χ2v) is 2.92. The summed E-state index contributed by atoms with van der Waals surface area (Å²) in [5.41, 5.74) is 0. The number of Topliss-reactive ketones (excluding diaryl/α,β-unsaturated/α-hetero) is 3. The van der Waals surface area contributed by atoms with E-state index in [0.717, 1.165) is 0 Å². The van der Waals surface area contributed by atoms with Crippen LogP contribution in [0.3, 0.4) is 0 Å². The molecule has 4 heteroatoms. The van der Waals surface area contributed by atoms with Crippen LogP contribution in [0.1, 0.15) is 6.92 Å². The highest BCUT2D eigenvalue weighted by molar-refractivity contribution is 6.68. The molecule has 60 valence electrons. The molecule has 0 aliphatic heterocycles. The Bertz CT molecular complexity index is 234. The van der Waals surface area contributed by atoms with Crippen LogP contribution in [0, 0.1) is 11.8 Å². The van der Waals surface area contributed by atoms with Crippen molar-refractivity contribution in [2.45, 2.75) is 6.92 Å². The van der Waals surface area contributed by atoms with Crippen molar-refractivity contribution in [3.05, 3.63) is 0 Å². The van der Waals surface area contributed by atoms with Crippen LogP contribution in [0.5, 0.6) is 0 Å². The number of halogens is 1. The van der Waals surface area contributed by atoms with Crippen molar-refractivity contribution in [3.8, 4) is 0 Å². The molecule has 1 rings (SSSR count). The van der Waals surface area contributed by atoms with Gasteiger partial charge in [0.15, 0.2) is 0 Å². The predicted octanol–water partition coefficient (Wildman–Crippen LogP) is 0.198. The minimum absolute atomic E-state index is 0.0531. The molecule has 1 aliphatic rings. The molecule has 0 heterocycles. The van der Waals surface area contributed by atoms with E-state index in [2.05, 4.69) is 0 Å². The summed E-state index contributed by atoms with van der Waals surface area (Å²) >= 11 is 5.40. The van der Waals surface area contributed by atoms with Crippen LogP contribution >= 0.6 is 11.6 Å². The summed E-state index contributed by atoms with van der Waals surface area (Å²) < 4.78 is 0. The molecular formula is C7H7ClO3. The van der Waals surface area contributed by atoms with Gasteiger partial charge in [-0.2, -0.15) is 0 Å². The maximum atomic E-state index is 10.9. The summed E-state index contributed by atoms with van der Waals surface area (Å²) in [7, 11) is 0. The van der Waals surface area contributed by atoms with Gasteiger partial charge in [-0.3, -0.25) is 14.4 Å². The smallest absolute Gasteiger partial charge is 0.264 e. The largest absolute Gasteiger partial charge is 0.290 e. The second kappa shape index (κ2) is 2.74. The molecule has 0 spiro atoms. The van der Waals surface area contributed by atoms with Crippen LogP contribution in [0.2, 0.25) is 0 Å². The van der Waals surface area contributed by atoms with Crippen molar-refractivity contribution in [2.75, 3.05) is 5.88 Å². The predicted molar refractivity (Wildman–Crippen MR) is 38.4 cm³/mol. The van der Waals surface area contributed by atoms with Crippen LogP contribution in [-0.4, -0.2) is 23.2 Å². The molecule has 0 bridgehead atoms. The first kappa shape index (κ1) is 8.40. The quantitative estimate of drug-likeness (QED) is 0.422. The normalized spacial score (nSPS) is 31.6. The average Bonchev–Trinajstić information content (AvgIpc) is 2.17. The zero-order chi connectivity index (χ0) is 8.59. The summed E-state index contributed by atoms with van der Waals surface area (Å²) in [4.78, 5) is 32.5. The lowest BCUT2D eigenvalue weighted by Gasteiger charge is -2.04. The molecule has 1 fully saturated rings. The van der Waals surface area contributed by atoms with E-state index in [-0.39, 0.29) is 5.88 Å². The van der Waals surface area contributed by atoms with E-state index in [0.29, 0.717) is 0 Å². The fourth-order valence-corrected chi connectivity index (χ4v) is 1.52. The van der Waals surface area contributed by atoms with Gasteiger partial charge in [-0.25, -0.2) is 0 Å². The molecule has 1 aliphatic carbocycles. The van der Waals surface area contributed by atoms with Gasteiger partial charge in [0.05, 0.1) is 0 Å². The summed E-state index contributed by atoms with van der Waals surface area (Å²) in [6.07, 6.45) is 0. The van der Waals surface area contributed by atoms with E-state index < -0.39 is 29.2 Å². The molecular weight excluding hydrogens is 168 g/mol. The Morgan fingerprint density at radius 3 is 2.00 bits per heavy atom. The van der Waals surface area contributed by atoms with E-state index in [1.54, 1.807) is 6.92 Å². The van der Waals surface area contributed by atoms with E-state index in [1.165, 1.54) is 0 Å². The molecule has 0 aromatic heterocycles. The monoisotopic (exact) mass is 174 g/mol. The topological polar surface area (TPSA) is 51.2 Å². The Labute approximate surface area is 68.7 Å². The maximum absolute atomic E-state index is 10.9. The van der Waals surface area contributed by atoms with Crippen LogP contribution in [-0.2, 0) is 14.4 Å². The minimum atomic E-state index is -0.886. The average molecular weight is 175 g/mol. The number of carbonyl (C=O) groups is 3. The van der Waals surface area contributed by atoms with Gasteiger partial charge in [0.1, 0.15) is 0 Å². The first-order chi connectivity index (χ1) is 5.09. The van der Waals surface area contributed by atoms with Crippen molar-refractivity contribution in [1.29, 1.82) is 0 Å². The lowest BCUT2D eigenvalue weighted by Crippen LogP contribution is -2.17. The first-order valence-corrected chi connectivity index (χ1v) is 3.81. The molecule has 0 aromatic carbocycles. The van der Waals surface area contributed by atoms with Crippen LogP contribution in [0.25, 0.3) is 0 Å². The van der Waals surface area contributed by atoms with Crippen molar-refractivity contribution in [3.63, 3.8) is 0 Å². The number of carbonyl (C=O) groups excluding carboxylic acids is 3. The number of rotatable bonds is 1. The molecule has 0 aromatic rings. The lowest BCUT2D eigenvalue weighted by atomic mass is 9.99. The molecule has 0 N–H and O–H groups in total.